The Morgan fingerprint density at radius 2 is 1.50 bits per heavy atom. The molecule has 0 spiro atoms. The number of non-ortho nitro benzene ring substituents is 1. The molecule has 30 heavy (non-hydrogen) atoms. The van der Waals surface area contributed by atoms with Crippen molar-refractivity contribution in [3.05, 3.63) is 73.3 Å². The van der Waals surface area contributed by atoms with E-state index in [1.165, 1.54) is 18.2 Å². The Morgan fingerprint density at radius 3 is 2.07 bits per heavy atom. The van der Waals surface area contributed by atoms with E-state index >= 15 is 0 Å². The van der Waals surface area contributed by atoms with Crippen molar-refractivity contribution in [1.29, 1.82) is 0 Å². The molecule has 9 heteroatoms. The fourth-order valence-electron chi connectivity index (χ4n) is 3.00. The van der Waals surface area contributed by atoms with E-state index in [1.807, 2.05) is 34.6 Å². The first-order chi connectivity index (χ1) is 14.0. The van der Waals surface area contributed by atoms with Crippen molar-refractivity contribution in [2.75, 3.05) is 6.61 Å². The van der Waals surface area contributed by atoms with Crippen LogP contribution in [0.1, 0.15) is 48.5 Å². The number of nitrogens with one attached hydrogen (secondary N) is 2. The molecule has 2 rings (SSSR count). The second-order valence-corrected chi connectivity index (χ2v) is 6.89. The van der Waals surface area contributed by atoms with Crippen LogP contribution in [0, 0.1) is 44.7 Å². The minimum atomic E-state index is -0.752. The van der Waals surface area contributed by atoms with Crippen LogP contribution in [0.5, 0.6) is 0 Å². The van der Waals surface area contributed by atoms with Crippen molar-refractivity contribution in [1.82, 2.24) is 10.9 Å². The first-order valence-electron chi connectivity index (χ1n) is 9.12. The lowest BCUT2D eigenvalue weighted by Crippen LogP contribution is -2.43. The molecule has 0 bridgehead atoms. The standard InChI is InChI=1S/C21H23N3O6/c1-11-12(2)14(4)19(15(5)13(11)3)21(27)30-10-18(25)22-23-20(26)16-7-6-8-17(9-16)24(28)29/h6-9H,10H2,1-5H3,(H,22,25)(H,23,26). The van der Waals surface area contributed by atoms with E-state index in [4.69, 9.17) is 4.74 Å². The second-order valence-electron chi connectivity index (χ2n) is 6.89. The Labute approximate surface area is 173 Å². The van der Waals surface area contributed by atoms with Crippen LogP contribution in [-0.4, -0.2) is 29.3 Å². The van der Waals surface area contributed by atoms with E-state index in [0.717, 1.165) is 33.9 Å². The minimum Gasteiger partial charge on any atom is -0.452 e. The van der Waals surface area contributed by atoms with Crippen LogP contribution in [0.15, 0.2) is 24.3 Å². The summed E-state index contributed by atoms with van der Waals surface area (Å²) in [5.74, 6) is -2.12. The highest BCUT2D eigenvalue weighted by atomic mass is 16.6. The van der Waals surface area contributed by atoms with E-state index in [9.17, 15) is 24.5 Å². The number of carbonyl (C=O) groups is 3. The number of nitro benzene ring substituents is 1. The molecule has 0 aromatic heterocycles. The number of benzene rings is 2. The molecule has 2 amide bonds. The van der Waals surface area contributed by atoms with Crippen LogP contribution in [0.25, 0.3) is 0 Å². The van der Waals surface area contributed by atoms with Gasteiger partial charge in [-0.05, 0) is 68.5 Å². The van der Waals surface area contributed by atoms with Gasteiger partial charge in [-0.3, -0.25) is 30.6 Å². The van der Waals surface area contributed by atoms with Gasteiger partial charge in [0.1, 0.15) is 0 Å². The van der Waals surface area contributed by atoms with Gasteiger partial charge in [-0.15, -0.1) is 0 Å². The number of hydrogen-bond acceptors (Lipinski definition) is 6. The summed E-state index contributed by atoms with van der Waals surface area (Å²) in [6.45, 7) is 8.87. The van der Waals surface area contributed by atoms with Gasteiger partial charge in [0.2, 0.25) is 0 Å². The molecule has 2 aromatic rings. The van der Waals surface area contributed by atoms with Gasteiger partial charge >= 0.3 is 5.97 Å². The van der Waals surface area contributed by atoms with E-state index in [-0.39, 0.29) is 11.3 Å². The number of ether oxygens (including phenoxy) is 1. The van der Waals surface area contributed by atoms with Gasteiger partial charge < -0.3 is 4.74 Å². The molecule has 0 radical (unpaired) electrons. The maximum Gasteiger partial charge on any atom is 0.339 e. The molecule has 0 heterocycles. The maximum atomic E-state index is 12.5. The Morgan fingerprint density at radius 1 is 0.933 bits per heavy atom. The molecule has 158 valence electrons. The maximum absolute atomic E-state index is 12.5. The van der Waals surface area contributed by atoms with Crippen molar-refractivity contribution in [2.24, 2.45) is 0 Å². The number of nitrogens with zero attached hydrogens (tertiary/aromatic N) is 1. The summed E-state index contributed by atoms with van der Waals surface area (Å²) in [6, 6.07) is 5.04. The van der Waals surface area contributed by atoms with Crippen molar-refractivity contribution in [3.63, 3.8) is 0 Å². The molecule has 0 atom stereocenters. The first kappa shape index (κ1) is 22.5. The molecule has 0 fully saturated rings. The third-order valence-corrected chi connectivity index (χ3v) is 5.17. The topological polar surface area (TPSA) is 128 Å². The number of esters is 1. The van der Waals surface area contributed by atoms with Gasteiger partial charge in [-0.25, -0.2) is 4.79 Å². The molecular formula is C21H23N3O6. The van der Waals surface area contributed by atoms with Crippen LogP contribution in [0.3, 0.4) is 0 Å². The smallest absolute Gasteiger partial charge is 0.339 e. The van der Waals surface area contributed by atoms with Gasteiger partial charge in [-0.2, -0.15) is 0 Å². The van der Waals surface area contributed by atoms with Crippen LogP contribution in [-0.2, 0) is 9.53 Å². The van der Waals surface area contributed by atoms with Gasteiger partial charge in [0.25, 0.3) is 17.5 Å². The van der Waals surface area contributed by atoms with Gasteiger partial charge in [0.05, 0.1) is 10.5 Å². The lowest BCUT2D eigenvalue weighted by molar-refractivity contribution is -0.384. The summed E-state index contributed by atoms with van der Waals surface area (Å²) in [5, 5.41) is 10.8. The predicted octanol–water partition coefficient (Wildman–Crippen LogP) is 2.75. The van der Waals surface area contributed by atoms with Crippen LogP contribution in [0.2, 0.25) is 0 Å². The summed E-state index contributed by atoms with van der Waals surface area (Å²) in [4.78, 5) is 46.6. The molecule has 0 aliphatic heterocycles. The van der Waals surface area contributed by atoms with Gasteiger partial charge in [-0.1, -0.05) is 6.07 Å². The normalized spacial score (nSPS) is 10.3. The molecular weight excluding hydrogens is 390 g/mol. The molecule has 0 aliphatic rings. The number of hydrogen-bond donors (Lipinski definition) is 2. The zero-order chi connectivity index (χ0) is 22.6. The fourth-order valence-corrected chi connectivity index (χ4v) is 3.00. The number of nitro groups is 1. The molecule has 0 unspecified atom stereocenters. The van der Waals surface area contributed by atoms with Crippen molar-refractivity contribution in [2.45, 2.75) is 34.6 Å². The third kappa shape index (κ3) is 4.80. The molecule has 0 aliphatic carbocycles. The van der Waals surface area contributed by atoms with E-state index in [1.54, 1.807) is 0 Å². The van der Waals surface area contributed by atoms with Crippen molar-refractivity contribution >= 4 is 23.5 Å². The van der Waals surface area contributed by atoms with E-state index in [2.05, 4.69) is 10.9 Å². The average molecular weight is 413 g/mol. The number of amides is 2. The molecule has 0 saturated heterocycles. The summed E-state index contributed by atoms with van der Waals surface area (Å²) in [7, 11) is 0. The fraction of sp³-hybridized carbons (Fsp3) is 0.286. The Kier molecular flexibility index (Phi) is 6.89. The van der Waals surface area contributed by atoms with Crippen LogP contribution >= 0.6 is 0 Å². The van der Waals surface area contributed by atoms with Crippen LogP contribution < -0.4 is 10.9 Å². The Bertz CT molecular complexity index is 1020. The quantitative estimate of drug-likeness (QED) is 0.441. The van der Waals surface area contributed by atoms with Crippen molar-refractivity contribution in [3.8, 4) is 0 Å². The zero-order valence-electron chi connectivity index (χ0n) is 17.4. The highest BCUT2D eigenvalue weighted by Gasteiger charge is 2.20. The predicted molar refractivity (Wildman–Crippen MR) is 109 cm³/mol. The van der Waals surface area contributed by atoms with Gasteiger partial charge in [0.15, 0.2) is 6.61 Å². The Balaban J connectivity index is 1.97. The highest BCUT2D eigenvalue weighted by molar-refractivity contribution is 5.97. The average Bonchev–Trinajstić information content (AvgIpc) is 2.73. The molecule has 2 N–H and O–H groups in total. The Hall–Kier alpha value is -3.75. The monoisotopic (exact) mass is 413 g/mol. The summed E-state index contributed by atoms with van der Waals surface area (Å²) < 4.78 is 5.10. The van der Waals surface area contributed by atoms with Crippen LogP contribution in [0.4, 0.5) is 5.69 Å². The SMILES string of the molecule is Cc1c(C)c(C)c(C(=O)OCC(=O)NNC(=O)c2cccc([N+](=O)[O-])c2)c(C)c1C. The van der Waals surface area contributed by atoms with Crippen molar-refractivity contribution < 1.29 is 24.0 Å². The lowest BCUT2D eigenvalue weighted by Gasteiger charge is -2.17. The van der Waals surface area contributed by atoms with Gasteiger partial charge in [0, 0.05) is 17.7 Å². The molecule has 9 nitrogen and oxygen atoms in total. The number of hydrazine groups is 1. The molecule has 2 aromatic carbocycles. The first-order valence-corrected chi connectivity index (χ1v) is 9.12. The lowest BCUT2D eigenvalue weighted by atomic mass is 9.90. The highest BCUT2D eigenvalue weighted by Crippen LogP contribution is 2.26. The summed E-state index contributed by atoms with van der Waals surface area (Å²) in [6.07, 6.45) is 0. The number of rotatable bonds is 5. The zero-order valence-corrected chi connectivity index (χ0v) is 17.4. The summed E-state index contributed by atoms with van der Waals surface area (Å²) >= 11 is 0. The number of carbonyl (C=O) groups excluding carboxylic acids is 3. The largest absolute Gasteiger partial charge is 0.452 e. The van der Waals surface area contributed by atoms with E-state index in [0.29, 0.717) is 5.56 Å². The third-order valence-electron chi connectivity index (χ3n) is 5.17. The molecule has 0 saturated carbocycles. The van der Waals surface area contributed by atoms with E-state index < -0.39 is 29.3 Å². The second kappa shape index (κ2) is 9.17. The minimum absolute atomic E-state index is 0.00153. The summed E-state index contributed by atoms with van der Waals surface area (Å²) in [5.41, 5.74) is 9.06.